The van der Waals surface area contributed by atoms with Crippen LogP contribution in [0.1, 0.15) is 37.6 Å². The molecule has 1 saturated heterocycles. The molecule has 0 aliphatic carbocycles. The van der Waals surface area contributed by atoms with E-state index in [-0.39, 0.29) is 48.3 Å². The second-order valence-corrected chi connectivity index (χ2v) is 10.9. The Hall–Kier alpha value is -4.12. The van der Waals surface area contributed by atoms with Crippen molar-refractivity contribution in [3.8, 4) is 5.69 Å². The van der Waals surface area contributed by atoms with Crippen molar-refractivity contribution < 1.29 is 27.8 Å². The van der Waals surface area contributed by atoms with Gasteiger partial charge in [-0.05, 0) is 44.0 Å². The summed E-state index contributed by atoms with van der Waals surface area (Å²) in [5, 5.41) is 4.27. The van der Waals surface area contributed by atoms with Gasteiger partial charge in [0, 0.05) is 57.5 Å². The van der Waals surface area contributed by atoms with Crippen molar-refractivity contribution in [1.82, 2.24) is 19.6 Å². The molecule has 0 radical (unpaired) electrons. The van der Waals surface area contributed by atoms with E-state index >= 15 is 0 Å². The van der Waals surface area contributed by atoms with Gasteiger partial charge in [0.15, 0.2) is 0 Å². The quantitative estimate of drug-likeness (QED) is 0.382. The molecule has 4 rings (SSSR count). The molecule has 1 aliphatic rings. The lowest BCUT2D eigenvalue weighted by molar-refractivity contribution is -0.143. The Morgan fingerprint density at radius 3 is 2.32 bits per heavy atom. The zero-order chi connectivity index (χ0) is 29.6. The van der Waals surface area contributed by atoms with Crippen molar-refractivity contribution in [2.75, 3.05) is 39.3 Å². The van der Waals surface area contributed by atoms with Crippen LogP contribution in [0.4, 0.5) is 13.6 Å². The number of piperazine rings is 1. The molecule has 0 saturated carbocycles. The molecule has 3 aromatic rings. The van der Waals surface area contributed by atoms with E-state index in [0.717, 1.165) is 29.3 Å². The summed E-state index contributed by atoms with van der Waals surface area (Å²) < 4.78 is 39.4. The summed E-state index contributed by atoms with van der Waals surface area (Å²) in [7, 11) is 0. The first-order chi connectivity index (χ1) is 19.4. The van der Waals surface area contributed by atoms with Crippen LogP contribution >= 0.6 is 0 Å². The number of ether oxygens (including phenoxy) is 2. The molecule has 2 heterocycles. The molecule has 2 aromatic carbocycles. The maximum atomic E-state index is 13.6. The standard InChI is InChI=1S/C30H34F2N4O5/c1-30(2,3)41-29(39)35-11-9-34(10-12-35)13-14-40-28(38)17-22-6-4-5-21(15-22)16-26-27(37)7-8-36(33-26)25-19-23(31)18-24(32)20-25/h4-8,15,18-20H,9-14,16-17H2,1-3H3. The number of hydrogen-bond acceptors (Lipinski definition) is 7. The second kappa shape index (κ2) is 13.0. The molecule has 0 spiro atoms. The number of esters is 1. The van der Waals surface area contributed by atoms with Crippen molar-refractivity contribution in [3.63, 3.8) is 0 Å². The molecule has 9 nitrogen and oxygen atoms in total. The third-order valence-electron chi connectivity index (χ3n) is 6.40. The number of hydrogen-bond donors (Lipinski definition) is 0. The van der Waals surface area contributed by atoms with E-state index in [9.17, 15) is 23.2 Å². The third kappa shape index (κ3) is 8.94. The van der Waals surface area contributed by atoms with Crippen molar-refractivity contribution in [2.24, 2.45) is 0 Å². The minimum Gasteiger partial charge on any atom is -0.464 e. The number of rotatable bonds is 8. The molecule has 1 aromatic heterocycles. The average molecular weight is 569 g/mol. The van der Waals surface area contributed by atoms with Gasteiger partial charge >= 0.3 is 12.1 Å². The first-order valence-corrected chi connectivity index (χ1v) is 13.4. The molecular weight excluding hydrogens is 534 g/mol. The largest absolute Gasteiger partial charge is 0.464 e. The van der Waals surface area contributed by atoms with Crippen LogP contribution in [0.3, 0.4) is 0 Å². The van der Waals surface area contributed by atoms with Gasteiger partial charge in [0.1, 0.15) is 29.5 Å². The minimum absolute atomic E-state index is 0.0648. The average Bonchev–Trinajstić information content (AvgIpc) is 2.89. The Morgan fingerprint density at radius 2 is 1.63 bits per heavy atom. The van der Waals surface area contributed by atoms with Gasteiger partial charge < -0.3 is 14.4 Å². The van der Waals surface area contributed by atoms with Crippen molar-refractivity contribution in [3.05, 3.63) is 93.4 Å². The summed E-state index contributed by atoms with van der Waals surface area (Å²) in [6, 6.07) is 11.5. The Kier molecular flexibility index (Phi) is 9.49. The highest BCUT2D eigenvalue weighted by atomic mass is 19.1. The number of aromatic nitrogens is 2. The lowest BCUT2D eigenvalue weighted by Crippen LogP contribution is -2.50. The number of carbonyl (C=O) groups is 2. The molecule has 41 heavy (non-hydrogen) atoms. The first-order valence-electron chi connectivity index (χ1n) is 13.4. The highest BCUT2D eigenvalue weighted by Gasteiger charge is 2.25. The molecular formula is C30H34F2N4O5. The van der Waals surface area contributed by atoms with Crippen LogP contribution in [0, 0.1) is 11.6 Å². The molecule has 1 aliphatic heterocycles. The van der Waals surface area contributed by atoms with Crippen molar-refractivity contribution in [2.45, 2.75) is 39.2 Å². The topological polar surface area (TPSA) is 94.0 Å². The molecule has 0 unspecified atom stereocenters. The maximum absolute atomic E-state index is 13.6. The fraction of sp³-hybridized carbons (Fsp3) is 0.400. The Morgan fingerprint density at radius 1 is 0.951 bits per heavy atom. The summed E-state index contributed by atoms with van der Waals surface area (Å²) >= 11 is 0. The number of halogens is 2. The summed E-state index contributed by atoms with van der Waals surface area (Å²) in [5.41, 5.74) is 0.991. The van der Waals surface area contributed by atoms with Crippen LogP contribution in [0.15, 0.2) is 59.5 Å². The predicted octanol–water partition coefficient (Wildman–Crippen LogP) is 3.74. The molecule has 1 amide bonds. The van der Waals surface area contributed by atoms with E-state index in [1.54, 1.807) is 23.1 Å². The predicted molar refractivity (Wildman–Crippen MR) is 148 cm³/mol. The van der Waals surface area contributed by atoms with Gasteiger partial charge in [-0.1, -0.05) is 24.3 Å². The van der Waals surface area contributed by atoms with Crippen LogP contribution in [0.5, 0.6) is 0 Å². The lowest BCUT2D eigenvalue weighted by Gasteiger charge is -2.35. The van der Waals surface area contributed by atoms with Gasteiger partial charge in [0.05, 0.1) is 12.1 Å². The first kappa shape index (κ1) is 29.9. The molecule has 0 N–H and O–H groups in total. The van der Waals surface area contributed by atoms with E-state index in [4.69, 9.17) is 9.47 Å². The van der Waals surface area contributed by atoms with E-state index in [2.05, 4.69) is 10.00 Å². The molecule has 0 atom stereocenters. The second-order valence-electron chi connectivity index (χ2n) is 10.9. The number of amides is 1. The van der Waals surface area contributed by atoms with Crippen LogP contribution < -0.4 is 5.43 Å². The fourth-order valence-corrected chi connectivity index (χ4v) is 4.41. The van der Waals surface area contributed by atoms with Gasteiger partial charge in [-0.2, -0.15) is 5.10 Å². The Labute approximate surface area is 237 Å². The van der Waals surface area contributed by atoms with Crippen LogP contribution in [-0.4, -0.2) is 76.6 Å². The minimum atomic E-state index is -0.748. The van der Waals surface area contributed by atoms with Crippen molar-refractivity contribution in [1.29, 1.82) is 0 Å². The molecule has 11 heteroatoms. The number of carbonyl (C=O) groups excluding carboxylic acids is 2. The van der Waals surface area contributed by atoms with Gasteiger partial charge in [0.2, 0.25) is 5.43 Å². The highest BCUT2D eigenvalue weighted by molar-refractivity contribution is 5.72. The van der Waals surface area contributed by atoms with E-state index in [0.29, 0.717) is 32.7 Å². The SMILES string of the molecule is CC(C)(C)OC(=O)N1CCN(CCOC(=O)Cc2cccc(Cc3nn(-c4cc(F)cc(F)c4)ccc3=O)c2)CC1. The van der Waals surface area contributed by atoms with Gasteiger partial charge in [-0.15, -0.1) is 0 Å². The Balaban J connectivity index is 1.26. The summed E-state index contributed by atoms with van der Waals surface area (Å²) in [5.74, 6) is -1.87. The smallest absolute Gasteiger partial charge is 0.410 e. The van der Waals surface area contributed by atoms with Gasteiger partial charge in [0.25, 0.3) is 0 Å². The van der Waals surface area contributed by atoms with Gasteiger partial charge in [-0.25, -0.2) is 18.3 Å². The van der Waals surface area contributed by atoms with Crippen LogP contribution in [0.25, 0.3) is 5.69 Å². The normalized spacial score (nSPS) is 14.1. The summed E-state index contributed by atoms with van der Waals surface area (Å²) in [4.78, 5) is 40.9. The number of nitrogens with zero attached hydrogens (tertiary/aromatic N) is 4. The zero-order valence-electron chi connectivity index (χ0n) is 23.4. The van der Waals surface area contributed by atoms with E-state index in [1.807, 2.05) is 26.8 Å². The third-order valence-corrected chi connectivity index (χ3v) is 6.40. The summed E-state index contributed by atoms with van der Waals surface area (Å²) in [6.45, 7) is 8.75. The van der Waals surface area contributed by atoms with Crippen LogP contribution in [0.2, 0.25) is 0 Å². The van der Waals surface area contributed by atoms with E-state index < -0.39 is 17.2 Å². The summed E-state index contributed by atoms with van der Waals surface area (Å²) in [6.07, 6.45) is 1.28. The highest BCUT2D eigenvalue weighted by Crippen LogP contribution is 2.14. The van der Waals surface area contributed by atoms with E-state index in [1.165, 1.54) is 16.9 Å². The monoisotopic (exact) mass is 568 g/mol. The van der Waals surface area contributed by atoms with Gasteiger partial charge in [-0.3, -0.25) is 14.5 Å². The fourth-order valence-electron chi connectivity index (χ4n) is 4.41. The number of benzene rings is 2. The molecule has 1 fully saturated rings. The van der Waals surface area contributed by atoms with Crippen molar-refractivity contribution >= 4 is 12.1 Å². The Bertz CT molecular complexity index is 1430. The molecule has 0 bridgehead atoms. The lowest BCUT2D eigenvalue weighted by atomic mass is 10.0. The zero-order valence-corrected chi connectivity index (χ0v) is 23.4. The van der Waals surface area contributed by atoms with Crippen LogP contribution in [-0.2, 0) is 27.1 Å². The molecule has 218 valence electrons. The maximum Gasteiger partial charge on any atom is 0.410 e.